The maximum absolute atomic E-state index is 14.1. The number of carbonyl (C=O) groups excluding carboxylic acids is 4. The van der Waals surface area contributed by atoms with Crippen LogP contribution in [-0.2, 0) is 19.1 Å². The van der Waals surface area contributed by atoms with Crippen LogP contribution in [0.3, 0.4) is 0 Å². The van der Waals surface area contributed by atoms with E-state index in [-0.39, 0.29) is 34.8 Å². The van der Waals surface area contributed by atoms with E-state index in [1.54, 1.807) is 6.92 Å². The molecule has 2 aromatic carbocycles. The number of esters is 2. The summed E-state index contributed by atoms with van der Waals surface area (Å²) in [4.78, 5) is 47.8. The number of nitrogens with one attached hydrogen (secondary N) is 1. The van der Waals surface area contributed by atoms with E-state index in [4.69, 9.17) is 14.2 Å². The molecule has 33 heavy (non-hydrogen) atoms. The van der Waals surface area contributed by atoms with Gasteiger partial charge in [-0.15, -0.1) is 0 Å². The lowest BCUT2D eigenvalue weighted by atomic mass is 10.0. The van der Waals surface area contributed by atoms with E-state index < -0.39 is 40.8 Å². The van der Waals surface area contributed by atoms with Crippen LogP contribution < -0.4 is 10.1 Å². The molecule has 0 saturated heterocycles. The highest BCUT2D eigenvalue weighted by molar-refractivity contribution is 8.13. The topological polar surface area (TPSA) is 108 Å². The first kappa shape index (κ1) is 25.8. The van der Waals surface area contributed by atoms with Crippen molar-refractivity contribution < 1.29 is 42.2 Å². The first-order valence-electron chi connectivity index (χ1n) is 9.62. The Morgan fingerprint density at radius 3 is 2.42 bits per heavy atom. The third kappa shape index (κ3) is 7.28. The average Bonchev–Trinajstić information content (AvgIpc) is 2.76. The molecule has 0 aliphatic rings. The second-order valence-electron chi connectivity index (χ2n) is 6.49. The van der Waals surface area contributed by atoms with Gasteiger partial charge in [-0.05, 0) is 48.5 Å². The highest BCUT2D eigenvalue weighted by Crippen LogP contribution is 2.30. The molecular formula is C22H21F2NO7S. The van der Waals surface area contributed by atoms with Crippen LogP contribution in [0.25, 0.3) is 11.1 Å². The van der Waals surface area contributed by atoms with Gasteiger partial charge in [-0.3, -0.25) is 4.79 Å². The number of halogens is 2. The number of carbonyl (C=O) groups is 4. The fourth-order valence-corrected chi connectivity index (χ4v) is 3.38. The Hall–Kier alpha value is -3.47. The van der Waals surface area contributed by atoms with E-state index in [1.807, 2.05) is 0 Å². The lowest BCUT2D eigenvalue weighted by Crippen LogP contribution is -2.43. The van der Waals surface area contributed by atoms with E-state index in [0.717, 1.165) is 13.2 Å². The normalized spacial score (nSPS) is 11.3. The van der Waals surface area contributed by atoms with Gasteiger partial charge in [0.15, 0.2) is 0 Å². The molecule has 0 radical (unpaired) electrons. The van der Waals surface area contributed by atoms with Gasteiger partial charge in [-0.1, -0.05) is 6.07 Å². The molecule has 0 aromatic heterocycles. The van der Waals surface area contributed by atoms with E-state index in [9.17, 15) is 28.0 Å². The highest BCUT2D eigenvalue weighted by Gasteiger charge is 2.24. The standard InChI is InChI=1S/C22H21F2NO7S/c1-4-31-21(28)18(25-12(2)26)11-33-22(29)32-19-8-5-13(9-16(19)20(27)30-3)15-7-6-14(23)10-17(15)24/h5-10,18H,4,11H2,1-3H3,(H,25,26)/t18-/m1/s1. The largest absolute Gasteiger partial charge is 0.465 e. The van der Waals surface area contributed by atoms with Crippen LogP contribution in [0.2, 0.25) is 0 Å². The lowest BCUT2D eigenvalue weighted by molar-refractivity contribution is -0.146. The molecule has 2 rings (SSSR count). The van der Waals surface area contributed by atoms with Crippen LogP contribution in [0.5, 0.6) is 5.75 Å². The van der Waals surface area contributed by atoms with Gasteiger partial charge in [0.25, 0.3) is 0 Å². The zero-order chi connectivity index (χ0) is 24.5. The number of methoxy groups -OCH3 is 1. The zero-order valence-corrected chi connectivity index (χ0v) is 18.8. The number of rotatable bonds is 8. The summed E-state index contributed by atoms with van der Waals surface area (Å²) in [6, 6.07) is 5.79. The number of thioether (sulfide) groups is 1. The molecule has 0 fully saturated rings. The Morgan fingerprint density at radius 1 is 1.09 bits per heavy atom. The Kier molecular flexibility index (Phi) is 9.34. The molecule has 1 atom stereocenters. The van der Waals surface area contributed by atoms with Gasteiger partial charge in [0.05, 0.1) is 13.7 Å². The lowest BCUT2D eigenvalue weighted by Gasteiger charge is -2.16. The Labute approximate surface area is 192 Å². The van der Waals surface area contributed by atoms with Gasteiger partial charge in [-0.2, -0.15) is 0 Å². The molecule has 1 N–H and O–H groups in total. The van der Waals surface area contributed by atoms with Gasteiger partial charge >= 0.3 is 17.2 Å². The van der Waals surface area contributed by atoms with E-state index in [0.29, 0.717) is 17.8 Å². The molecule has 176 valence electrons. The molecule has 0 aliphatic carbocycles. The van der Waals surface area contributed by atoms with Crippen molar-refractivity contribution in [2.75, 3.05) is 19.5 Å². The molecule has 8 nitrogen and oxygen atoms in total. The van der Waals surface area contributed by atoms with Gasteiger partial charge in [0.2, 0.25) is 5.91 Å². The molecular weight excluding hydrogens is 460 g/mol. The Bertz CT molecular complexity index is 1060. The second kappa shape index (κ2) is 12.0. The summed E-state index contributed by atoms with van der Waals surface area (Å²) in [5.41, 5.74) is 0.0891. The number of hydrogen-bond donors (Lipinski definition) is 1. The smallest absolute Gasteiger partial charge is 0.372 e. The molecule has 11 heteroatoms. The summed E-state index contributed by atoms with van der Waals surface area (Å²) < 4.78 is 42.1. The SMILES string of the molecule is CCOC(=O)[C@@H](CSC(=O)Oc1ccc(-c2ccc(F)cc2F)cc1C(=O)OC)NC(C)=O. The molecule has 1 amide bonds. The monoisotopic (exact) mass is 481 g/mol. The van der Waals surface area contributed by atoms with Crippen LogP contribution in [0.15, 0.2) is 36.4 Å². The molecule has 0 unspecified atom stereocenters. The van der Waals surface area contributed by atoms with E-state index in [2.05, 4.69) is 5.32 Å². The second-order valence-corrected chi connectivity index (χ2v) is 7.45. The van der Waals surface area contributed by atoms with Gasteiger partial charge in [0, 0.05) is 24.3 Å². The number of hydrogen-bond acceptors (Lipinski definition) is 8. The molecule has 0 spiro atoms. The molecule has 0 heterocycles. The fraction of sp³-hybridized carbons (Fsp3) is 0.273. The minimum absolute atomic E-state index is 0.0291. The summed E-state index contributed by atoms with van der Waals surface area (Å²) in [6.45, 7) is 2.90. The summed E-state index contributed by atoms with van der Waals surface area (Å²) >= 11 is 0.578. The van der Waals surface area contributed by atoms with Crippen LogP contribution in [0.1, 0.15) is 24.2 Å². The van der Waals surface area contributed by atoms with Crippen LogP contribution in [-0.4, -0.2) is 48.7 Å². The number of benzene rings is 2. The predicted octanol–water partition coefficient (Wildman–Crippen LogP) is 3.72. The van der Waals surface area contributed by atoms with Crippen LogP contribution in [0, 0.1) is 11.6 Å². The summed E-state index contributed by atoms with van der Waals surface area (Å²) in [7, 11) is 1.12. The van der Waals surface area contributed by atoms with Crippen LogP contribution >= 0.6 is 11.8 Å². The number of amides is 1. The van der Waals surface area contributed by atoms with Crippen molar-refractivity contribution in [1.82, 2.24) is 5.32 Å². The molecule has 2 aromatic rings. The first-order valence-corrected chi connectivity index (χ1v) is 10.6. The number of ether oxygens (including phenoxy) is 3. The molecule has 0 bridgehead atoms. The fourth-order valence-electron chi connectivity index (χ4n) is 2.71. The maximum Gasteiger partial charge on any atom is 0.372 e. The van der Waals surface area contributed by atoms with Gasteiger partial charge in [0.1, 0.15) is 29.0 Å². The van der Waals surface area contributed by atoms with Crippen molar-refractivity contribution in [1.29, 1.82) is 0 Å². The predicted molar refractivity (Wildman–Crippen MR) is 116 cm³/mol. The quantitative estimate of drug-likeness (QED) is 0.569. The Morgan fingerprint density at radius 2 is 1.82 bits per heavy atom. The summed E-state index contributed by atoms with van der Waals surface area (Å²) in [5.74, 6) is -3.99. The zero-order valence-electron chi connectivity index (χ0n) is 18.0. The highest BCUT2D eigenvalue weighted by atomic mass is 32.2. The average molecular weight is 481 g/mol. The summed E-state index contributed by atoms with van der Waals surface area (Å²) in [5, 5.41) is 1.50. The maximum atomic E-state index is 14.1. The third-order valence-electron chi connectivity index (χ3n) is 4.14. The van der Waals surface area contributed by atoms with Crippen molar-refractivity contribution in [2.45, 2.75) is 19.9 Å². The van der Waals surface area contributed by atoms with Crippen molar-refractivity contribution in [2.24, 2.45) is 0 Å². The van der Waals surface area contributed by atoms with Crippen molar-refractivity contribution in [3.63, 3.8) is 0 Å². The van der Waals surface area contributed by atoms with Gasteiger partial charge in [-0.25, -0.2) is 23.2 Å². The van der Waals surface area contributed by atoms with Crippen molar-refractivity contribution >= 4 is 34.9 Å². The van der Waals surface area contributed by atoms with Crippen LogP contribution in [0.4, 0.5) is 13.6 Å². The molecule has 0 saturated carbocycles. The molecule has 0 aliphatic heterocycles. The van der Waals surface area contributed by atoms with Crippen molar-refractivity contribution in [3.05, 3.63) is 53.6 Å². The Balaban J connectivity index is 2.21. The summed E-state index contributed by atoms with van der Waals surface area (Å²) in [6.07, 6.45) is 0. The van der Waals surface area contributed by atoms with Crippen molar-refractivity contribution in [3.8, 4) is 16.9 Å². The van der Waals surface area contributed by atoms with E-state index in [1.165, 1.54) is 31.2 Å². The first-order chi connectivity index (χ1) is 15.7. The minimum atomic E-state index is -1.08. The minimum Gasteiger partial charge on any atom is -0.465 e. The van der Waals surface area contributed by atoms with E-state index >= 15 is 0 Å². The van der Waals surface area contributed by atoms with Gasteiger partial charge < -0.3 is 19.5 Å². The third-order valence-corrected chi connectivity index (χ3v) is 4.96.